The van der Waals surface area contributed by atoms with E-state index in [4.69, 9.17) is 5.73 Å². The minimum atomic E-state index is 0.160. The first kappa shape index (κ1) is 16.8. The molecule has 4 heteroatoms. The maximum Gasteiger partial charge on any atom is 0.224 e. The lowest BCUT2D eigenvalue weighted by molar-refractivity contribution is -0.127. The highest BCUT2D eigenvalue weighted by Gasteiger charge is 2.37. The standard InChI is InChI=1S/C17H33N3O/c1-13-11-17(2,3)7-6-15(13)20-10-4-5-14(12-20)16(21)19-9-8-18/h13-15H,4-12,18H2,1-3H3,(H,19,21). The molecule has 0 aromatic carbocycles. The van der Waals surface area contributed by atoms with E-state index in [9.17, 15) is 4.79 Å². The van der Waals surface area contributed by atoms with Crippen molar-refractivity contribution >= 4 is 5.91 Å². The van der Waals surface area contributed by atoms with E-state index < -0.39 is 0 Å². The summed E-state index contributed by atoms with van der Waals surface area (Å²) >= 11 is 0. The highest BCUT2D eigenvalue weighted by molar-refractivity contribution is 5.78. The molecule has 1 saturated carbocycles. The van der Waals surface area contributed by atoms with Crippen molar-refractivity contribution < 1.29 is 4.79 Å². The summed E-state index contributed by atoms with van der Waals surface area (Å²) in [6, 6.07) is 0.670. The van der Waals surface area contributed by atoms with E-state index in [1.807, 2.05) is 0 Å². The molecule has 2 rings (SSSR count). The van der Waals surface area contributed by atoms with E-state index in [1.54, 1.807) is 0 Å². The first-order valence-electron chi connectivity index (χ1n) is 8.65. The molecule has 1 amide bonds. The molecule has 1 saturated heterocycles. The smallest absolute Gasteiger partial charge is 0.224 e. The Kier molecular flexibility index (Phi) is 5.67. The summed E-state index contributed by atoms with van der Waals surface area (Å²) in [5.74, 6) is 1.10. The number of likely N-dealkylation sites (tertiary alicyclic amines) is 1. The fourth-order valence-electron chi connectivity index (χ4n) is 4.34. The number of hydrogen-bond donors (Lipinski definition) is 2. The van der Waals surface area contributed by atoms with Crippen molar-refractivity contribution in [3.05, 3.63) is 0 Å². The number of rotatable bonds is 4. The molecule has 2 fully saturated rings. The van der Waals surface area contributed by atoms with Crippen LogP contribution in [-0.2, 0) is 4.79 Å². The molecule has 122 valence electrons. The van der Waals surface area contributed by atoms with Crippen LogP contribution in [0.3, 0.4) is 0 Å². The van der Waals surface area contributed by atoms with Gasteiger partial charge in [0.25, 0.3) is 0 Å². The molecule has 4 nitrogen and oxygen atoms in total. The number of carbonyl (C=O) groups excluding carboxylic acids is 1. The molecule has 21 heavy (non-hydrogen) atoms. The zero-order valence-corrected chi connectivity index (χ0v) is 14.0. The van der Waals surface area contributed by atoms with Gasteiger partial charge in [-0.3, -0.25) is 9.69 Å². The van der Waals surface area contributed by atoms with Gasteiger partial charge in [0.15, 0.2) is 0 Å². The number of amides is 1. The van der Waals surface area contributed by atoms with E-state index in [2.05, 4.69) is 31.0 Å². The van der Waals surface area contributed by atoms with Gasteiger partial charge in [-0.2, -0.15) is 0 Å². The Hall–Kier alpha value is -0.610. The van der Waals surface area contributed by atoms with E-state index >= 15 is 0 Å². The molecule has 2 aliphatic rings. The van der Waals surface area contributed by atoms with Crippen LogP contribution in [0.2, 0.25) is 0 Å². The third-order valence-electron chi connectivity index (χ3n) is 5.38. The van der Waals surface area contributed by atoms with Crippen LogP contribution in [0.15, 0.2) is 0 Å². The summed E-state index contributed by atoms with van der Waals surface area (Å²) < 4.78 is 0. The Balaban J connectivity index is 1.90. The molecule has 3 atom stereocenters. The van der Waals surface area contributed by atoms with Crippen LogP contribution >= 0.6 is 0 Å². The number of hydrogen-bond acceptors (Lipinski definition) is 3. The quantitative estimate of drug-likeness (QED) is 0.834. The third-order valence-corrected chi connectivity index (χ3v) is 5.38. The van der Waals surface area contributed by atoms with Crippen LogP contribution in [0.4, 0.5) is 0 Å². The Morgan fingerprint density at radius 1 is 1.38 bits per heavy atom. The van der Waals surface area contributed by atoms with Gasteiger partial charge >= 0.3 is 0 Å². The summed E-state index contributed by atoms with van der Waals surface area (Å²) in [6.07, 6.45) is 6.07. The van der Waals surface area contributed by atoms with Crippen LogP contribution in [-0.4, -0.2) is 43.0 Å². The predicted molar refractivity (Wildman–Crippen MR) is 86.9 cm³/mol. The topological polar surface area (TPSA) is 58.4 Å². The molecule has 3 unspecified atom stereocenters. The average Bonchev–Trinajstić information content (AvgIpc) is 2.44. The van der Waals surface area contributed by atoms with Gasteiger partial charge in [0.2, 0.25) is 5.91 Å². The third kappa shape index (κ3) is 4.43. The van der Waals surface area contributed by atoms with Gasteiger partial charge in [-0.15, -0.1) is 0 Å². The molecule has 0 radical (unpaired) electrons. The van der Waals surface area contributed by atoms with Crippen molar-refractivity contribution in [2.24, 2.45) is 23.0 Å². The molecule has 0 spiro atoms. The van der Waals surface area contributed by atoms with E-state index in [0.717, 1.165) is 31.8 Å². The van der Waals surface area contributed by atoms with E-state index in [1.165, 1.54) is 19.3 Å². The fourth-order valence-corrected chi connectivity index (χ4v) is 4.34. The summed E-state index contributed by atoms with van der Waals surface area (Å²) in [5, 5.41) is 2.96. The van der Waals surface area contributed by atoms with Gasteiger partial charge < -0.3 is 11.1 Å². The van der Waals surface area contributed by atoms with Crippen LogP contribution in [0.1, 0.15) is 52.9 Å². The first-order chi connectivity index (χ1) is 9.93. The summed E-state index contributed by atoms with van der Waals surface area (Å²) in [6.45, 7) is 10.4. The molecule has 0 bridgehead atoms. The number of nitrogens with zero attached hydrogens (tertiary/aromatic N) is 1. The van der Waals surface area contributed by atoms with E-state index in [-0.39, 0.29) is 11.8 Å². The number of nitrogens with one attached hydrogen (secondary N) is 1. The van der Waals surface area contributed by atoms with Crippen LogP contribution < -0.4 is 11.1 Å². The maximum atomic E-state index is 12.2. The lowest BCUT2D eigenvalue weighted by Gasteiger charge is -2.46. The van der Waals surface area contributed by atoms with Gasteiger partial charge in [-0.25, -0.2) is 0 Å². The van der Waals surface area contributed by atoms with Crippen molar-refractivity contribution in [3.8, 4) is 0 Å². The van der Waals surface area contributed by atoms with E-state index in [0.29, 0.717) is 24.5 Å². The summed E-state index contributed by atoms with van der Waals surface area (Å²) in [7, 11) is 0. The maximum absolute atomic E-state index is 12.2. The summed E-state index contributed by atoms with van der Waals surface area (Å²) in [4.78, 5) is 14.8. The van der Waals surface area contributed by atoms with Gasteiger partial charge in [0.1, 0.15) is 0 Å². The zero-order chi connectivity index (χ0) is 15.5. The van der Waals surface area contributed by atoms with Crippen molar-refractivity contribution in [1.29, 1.82) is 0 Å². The lowest BCUT2D eigenvalue weighted by atomic mass is 9.70. The Morgan fingerprint density at radius 3 is 2.81 bits per heavy atom. The normalized spacial score (nSPS) is 33.6. The molecule has 0 aromatic rings. The van der Waals surface area contributed by atoms with Crippen molar-refractivity contribution in [3.63, 3.8) is 0 Å². The average molecular weight is 295 g/mol. The van der Waals surface area contributed by atoms with Gasteiger partial charge in [0.05, 0.1) is 5.92 Å². The molecule has 1 heterocycles. The van der Waals surface area contributed by atoms with Crippen molar-refractivity contribution in [2.45, 2.75) is 58.9 Å². The lowest BCUT2D eigenvalue weighted by Crippen LogP contribution is -2.51. The van der Waals surface area contributed by atoms with Gasteiger partial charge in [0, 0.05) is 25.7 Å². The first-order valence-corrected chi connectivity index (χ1v) is 8.65. The summed E-state index contributed by atoms with van der Waals surface area (Å²) in [5.41, 5.74) is 5.96. The van der Waals surface area contributed by atoms with Crippen LogP contribution in [0, 0.1) is 17.3 Å². The SMILES string of the molecule is CC1CC(C)(C)CCC1N1CCCC(C(=O)NCCN)C1. The number of carbonyl (C=O) groups is 1. The van der Waals surface area contributed by atoms with Crippen molar-refractivity contribution in [1.82, 2.24) is 10.2 Å². The molecule has 3 N–H and O–H groups in total. The van der Waals surface area contributed by atoms with Crippen molar-refractivity contribution in [2.75, 3.05) is 26.2 Å². The van der Waals surface area contributed by atoms with Gasteiger partial charge in [-0.1, -0.05) is 20.8 Å². The second-order valence-electron chi connectivity index (χ2n) is 7.87. The monoisotopic (exact) mass is 295 g/mol. The molecule has 1 aliphatic carbocycles. The number of nitrogens with two attached hydrogens (primary N) is 1. The highest BCUT2D eigenvalue weighted by atomic mass is 16.1. The fraction of sp³-hybridized carbons (Fsp3) is 0.941. The molecule has 0 aromatic heterocycles. The Morgan fingerprint density at radius 2 is 2.14 bits per heavy atom. The second-order valence-corrected chi connectivity index (χ2v) is 7.87. The van der Waals surface area contributed by atoms with Gasteiger partial charge in [-0.05, 0) is 50.0 Å². The number of piperidine rings is 1. The van der Waals surface area contributed by atoms with Crippen LogP contribution in [0.25, 0.3) is 0 Å². The molecular weight excluding hydrogens is 262 g/mol. The second kappa shape index (κ2) is 7.10. The molecule has 1 aliphatic heterocycles. The largest absolute Gasteiger partial charge is 0.355 e. The Labute approximate surface area is 129 Å². The zero-order valence-electron chi connectivity index (χ0n) is 14.0. The minimum absolute atomic E-state index is 0.160. The van der Waals surface area contributed by atoms with Crippen LogP contribution in [0.5, 0.6) is 0 Å². The predicted octanol–water partition coefficient (Wildman–Crippen LogP) is 1.99. The Bertz CT molecular complexity index is 356. The minimum Gasteiger partial charge on any atom is -0.355 e. The highest BCUT2D eigenvalue weighted by Crippen LogP contribution is 2.41. The molecular formula is C17H33N3O.